The highest BCUT2D eigenvalue weighted by Crippen LogP contribution is 2.16. The monoisotopic (exact) mass is 123 g/mol. The van der Waals surface area contributed by atoms with Gasteiger partial charge in [-0.1, -0.05) is 18.2 Å². The number of hydrogen-bond donors (Lipinski definition) is 1. The average molecular weight is 123 g/mol. The van der Waals surface area contributed by atoms with Gasteiger partial charge in [0.25, 0.3) is 0 Å². The average Bonchev–Trinajstić information content (AvgIpc) is 2.33. The quantitative estimate of drug-likeness (QED) is 0.480. The van der Waals surface area contributed by atoms with Crippen molar-refractivity contribution in [2.45, 2.75) is 12.5 Å². The maximum Gasteiger partial charge on any atom is 0.117 e. The lowest BCUT2D eigenvalue weighted by molar-refractivity contribution is 0.150. The smallest absolute Gasteiger partial charge is 0.117 e. The lowest BCUT2D eigenvalue weighted by Crippen LogP contribution is -2.10. The number of hydrogen-bond acceptors (Lipinski definition) is 2. The first-order valence-electron chi connectivity index (χ1n) is 3.19. The van der Waals surface area contributed by atoms with Gasteiger partial charge in [-0.05, 0) is 6.42 Å². The second-order valence-corrected chi connectivity index (χ2v) is 2.23. The fourth-order valence-electron chi connectivity index (χ4n) is 1.15. The maximum atomic E-state index is 5.29. The lowest BCUT2D eigenvalue weighted by Gasteiger charge is -2.07. The normalized spacial score (nSPS) is 31.1. The molecule has 2 rings (SSSR count). The van der Waals surface area contributed by atoms with Crippen molar-refractivity contribution in [3.05, 3.63) is 23.9 Å². The highest BCUT2D eigenvalue weighted by Gasteiger charge is 2.18. The molecule has 1 unspecified atom stereocenters. The predicted octanol–water partition coefficient (Wildman–Crippen LogP) is 0.776. The van der Waals surface area contributed by atoms with Crippen LogP contribution < -0.4 is 5.32 Å². The molecule has 2 aliphatic rings. The predicted molar refractivity (Wildman–Crippen MR) is 34.7 cm³/mol. The van der Waals surface area contributed by atoms with Gasteiger partial charge in [0.1, 0.15) is 12.8 Å². The van der Waals surface area contributed by atoms with Crippen LogP contribution in [-0.4, -0.2) is 12.8 Å². The van der Waals surface area contributed by atoms with E-state index in [1.165, 1.54) is 5.70 Å². The molecule has 0 spiro atoms. The molecule has 0 aromatic rings. The van der Waals surface area contributed by atoms with Crippen molar-refractivity contribution in [1.29, 1.82) is 0 Å². The van der Waals surface area contributed by atoms with Gasteiger partial charge in [0.2, 0.25) is 0 Å². The Hall–Kier alpha value is -0.760. The number of nitrogens with one attached hydrogen (secondary N) is 1. The van der Waals surface area contributed by atoms with E-state index < -0.39 is 0 Å². The summed E-state index contributed by atoms with van der Waals surface area (Å²) >= 11 is 0. The summed E-state index contributed by atoms with van der Waals surface area (Å²) < 4.78 is 5.29. The summed E-state index contributed by atoms with van der Waals surface area (Å²) in [7, 11) is 0. The minimum absolute atomic E-state index is 0.235. The van der Waals surface area contributed by atoms with E-state index in [9.17, 15) is 0 Å². The molecule has 9 heavy (non-hydrogen) atoms. The van der Waals surface area contributed by atoms with Gasteiger partial charge >= 0.3 is 0 Å². The van der Waals surface area contributed by atoms with Crippen molar-refractivity contribution in [1.82, 2.24) is 5.32 Å². The van der Waals surface area contributed by atoms with E-state index in [1.54, 1.807) is 0 Å². The van der Waals surface area contributed by atoms with Crippen molar-refractivity contribution in [3.8, 4) is 0 Å². The van der Waals surface area contributed by atoms with Crippen LogP contribution in [0.1, 0.15) is 6.42 Å². The first-order chi connectivity index (χ1) is 4.47. The molecular formula is C7H9NO. The molecule has 0 amide bonds. The summed E-state index contributed by atoms with van der Waals surface area (Å²) in [5.74, 6) is 0. The molecule has 0 aromatic carbocycles. The molecule has 0 bridgehead atoms. The Morgan fingerprint density at radius 1 is 1.67 bits per heavy atom. The van der Waals surface area contributed by atoms with Crippen molar-refractivity contribution >= 4 is 0 Å². The molecule has 2 nitrogen and oxygen atoms in total. The summed E-state index contributed by atoms with van der Waals surface area (Å²) in [6.45, 7) is 0.668. The van der Waals surface area contributed by atoms with Crippen LogP contribution in [0.2, 0.25) is 0 Å². The van der Waals surface area contributed by atoms with Crippen LogP contribution in [0.15, 0.2) is 23.9 Å². The number of allylic oxidation sites excluding steroid dienone is 2. The Labute approximate surface area is 54.2 Å². The van der Waals surface area contributed by atoms with Gasteiger partial charge in [0.05, 0.1) is 0 Å². The van der Waals surface area contributed by atoms with E-state index >= 15 is 0 Å². The van der Waals surface area contributed by atoms with Crippen molar-refractivity contribution in [3.63, 3.8) is 0 Å². The Morgan fingerprint density at radius 2 is 2.67 bits per heavy atom. The molecular weight excluding hydrogens is 114 g/mol. The third-order valence-corrected chi connectivity index (χ3v) is 1.63. The first kappa shape index (κ1) is 5.06. The molecule has 1 heterocycles. The Balaban J connectivity index is 2.22. The van der Waals surface area contributed by atoms with Crippen LogP contribution in [-0.2, 0) is 4.74 Å². The third kappa shape index (κ3) is 0.754. The molecule has 1 aliphatic carbocycles. The molecule has 0 radical (unpaired) electrons. The minimum atomic E-state index is 0.235. The summed E-state index contributed by atoms with van der Waals surface area (Å²) in [6, 6.07) is 0. The Morgan fingerprint density at radius 3 is 3.56 bits per heavy atom. The zero-order valence-electron chi connectivity index (χ0n) is 5.13. The van der Waals surface area contributed by atoms with Gasteiger partial charge in [0.15, 0.2) is 0 Å². The van der Waals surface area contributed by atoms with Gasteiger partial charge in [-0.3, -0.25) is 0 Å². The van der Waals surface area contributed by atoms with Crippen LogP contribution in [0, 0.1) is 0 Å². The SMILES string of the molecule is C1=CC2OCNC2=CC1. The molecule has 1 saturated heterocycles. The first-order valence-corrected chi connectivity index (χ1v) is 3.19. The standard InChI is InChI=1S/C7H9NO/c1-2-4-7-6(3-1)8-5-9-7/h2-4,7-8H,1,5H2. The molecule has 2 heteroatoms. The molecule has 1 fully saturated rings. The number of ether oxygens (including phenoxy) is 1. The molecule has 0 aromatic heterocycles. The number of rotatable bonds is 0. The molecule has 1 atom stereocenters. The van der Waals surface area contributed by atoms with Crippen LogP contribution >= 0.6 is 0 Å². The van der Waals surface area contributed by atoms with Gasteiger partial charge in [-0.2, -0.15) is 0 Å². The Kier molecular flexibility index (Phi) is 1.06. The third-order valence-electron chi connectivity index (χ3n) is 1.63. The largest absolute Gasteiger partial charge is 0.364 e. The summed E-state index contributed by atoms with van der Waals surface area (Å²) in [4.78, 5) is 0. The highest BCUT2D eigenvalue weighted by molar-refractivity contribution is 5.22. The highest BCUT2D eigenvalue weighted by atomic mass is 16.5. The van der Waals surface area contributed by atoms with Crippen molar-refractivity contribution < 1.29 is 4.74 Å². The fourth-order valence-corrected chi connectivity index (χ4v) is 1.15. The van der Waals surface area contributed by atoms with E-state index in [0.717, 1.165) is 6.42 Å². The van der Waals surface area contributed by atoms with E-state index in [2.05, 4.69) is 23.5 Å². The van der Waals surface area contributed by atoms with Gasteiger partial charge in [0, 0.05) is 5.70 Å². The second-order valence-electron chi connectivity index (χ2n) is 2.23. The molecule has 1 aliphatic heterocycles. The maximum absolute atomic E-state index is 5.29. The van der Waals surface area contributed by atoms with E-state index in [-0.39, 0.29) is 6.10 Å². The van der Waals surface area contributed by atoms with E-state index in [1.807, 2.05) is 0 Å². The fraction of sp³-hybridized carbons (Fsp3) is 0.429. The van der Waals surface area contributed by atoms with Crippen LogP contribution in [0.3, 0.4) is 0 Å². The lowest BCUT2D eigenvalue weighted by atomic mass is 10.1. The van der Waals surface area contributed by atoms with Gasteiger partial charge < -0.3 is 10.1 Å². The van der Waals surface area contributed by atoms with Gasteiger partial charge in [-0.15, -0.1) is 0 Å². The second kappa shape index (κ2) is 1.88. The van der Waals surface area contributed by atoms with Gasteiger partial charge in [-0.25, -0.2) is 0 Å². The van der Waals surface area contributed by atoms with Crippen LogP contribution in [0.5, 0.6) is 0 Å². The van der Waals surface area contributed by atoms with E-state index in [0.29, 0.717) is 6.73 Å². The topological polar surface area (TPSA) is 21.3 Å². The van der Waals surface area contributed by atoms with E-state index in [4.69, 9.17) is 4.74 Å². The molecule has 48 valence electrons. The Bertz CT molecular complexity index is 172. The molecule has 1 N–H and O–H groups in total. The summed E-state index contributed by atoms with van der Waals surface area (Å²) in [5.41, 5.74) is 1.23. The van der Waals surface area contributed by atoms with Crippen LogP contribution in [0.25, 0.3) is 0 Å². The van der Waals surface area contributed by atoms with Crippen molar-refractivity contribution in [2.75, 3.05) is 6.73 Å². The number of fused-ring (bicyclic) bond motifs is 1. The van der Waals surface area contributed by atoms with Crippen molar-refractivity contribution in [2.24, 2.45) is 0 Å². The zero-order valence-corrected chi connectivity index (χ0v) is 5.13. The zero-order chi connectivity index (χ0) is 6.10. The minimum Gasteiger partial charge on any atom is -0.364 e. The summed E-state index contributed by atoms with van der Waals surface area (Å²) in [5, 5.41) is 3.15. The summed E-state index contributed by atoms with van der Waals surface area (Å²) in [6.07, 6.45) is 7.66. The molecule has 0 saturated carbocycles. The van der Waals surface area contributed by atoms with Crippen LogP contribution in [0.4, 0.5) is 0 Å².